The third kappa shape index (κ3) is 4.86. The van der Waals surface area contributed by atoms with Gasteiger partial charge < -0.3 is 10.1 Å². The number of nitro benzene ring substituents is 1. The summed E-state index contributed by atoms with van der Waals surface area (Å²) in [6.45, 7) is -0.176. The number of esters is 1. The predicted octanol–water partition coefficient (Wildman–Crippen LogP) is 4.36. The summed E-state index contributed by atoms with van der Waals surface area (Å²) in [7, 11) is 0. The van der Waals surface area contributed by atoms with Crippen LogP contribution in [0.4, 0.5) is 11.4 Å². The van der Waals surface area contributed by atoms with Gasteiger partial charge in [0.05, 0.1) is 26.8 Å². The van der Waals surface area contributed by atoms with Gasteiger partial charge in [0, 0.05) is 23.7 Å². The molecule has 0 fully saturated rings. The highest BCUT2D eigenvalue weighted by atomic mass is 35.5. The van der Waals surface area contributed by atoms with Crippen molar-refractivity contribution in [2.75, 3.05) is 5.32 Å². The molecule has 2 aromatic carbocycles. The SMILES string of the molecule is O=C(Nc1ccccc1C(=O)OCc1nnsc1Cl)c1ccc([N+](=O)[O-])cc1Cl. The lowest BCUT2D eigenvalue weighted by Gasteiger charge is -2.11. The largest absolute Gasteiger partial charge is 0.455 e. The number of non-ortho nitro benzene ring substituents is 1. The third-order valence-corrected chi connectivity index (χ3v) is 4.95. The van der Waals surface area contributed by atoms with Crippen LogP contribution in [0, 0.1) is 10.1 Å². The number of nitro groups is 1. The van der Waals surface area contributed by atoms with Crippen LogP contribution >= 0.6 is 34.7 Å². The Morgan fingerprint density at radius 1 is 1.17 bits per heavy atom. The van der Waals surface area contributed by atoms with Gasteiger partial charge in [-0.15, -0.1) is 5.10 Å². The van der Waals surface area contributed by atoms with E-state index in [1.807, 2.05) is 0 Å². The lowest BCUT2D eigenvalue weighted by atomic mass is 10.1. The van der Waals surface area contributed by atoms with Crippen LogP contribution in [0.3, 0.4) is 0 Å². The van der Waals surface area contributed by atoms with Crippen molar-refractivity contribution in [2.24, 2.45) is 0 Å². The lowest BCUT2D eigenvalue weighted by molar-refractivity contribution is -0.384. The Kier molecular flexibility index (Phi) is 6.37. The number of rotatable bonds is 6. The van der Waals surface area contributed by atoms with Gasteiger partial charge in [0.2, 0.25) is 0 Å². The minimum atomic E-state index is -0.709. The van der Waals surface area contributed by atoms with E-state index in [4.69, 9.17) is 27.9 Å². The standard InChI is InChI=1S/C17H10Cl2N4O5S/c18-12-7-9(23(26)27)5-6-10(12)16(24)20-13-4-2-1-3-11(13)17(25)28-8-14-15(19)29-22-21-14/h1-7H,8H2,(H,20,24). The molecule has 0 aliphatic carbocycles. The highest BCUT2D eigenvalue weighted by molar-refractivity contribution is 7.10. The number of amides is 1. The molecular formula is C17H10Cl2N4O5S. The molecule has 1 aromatic heterocycles. The van der Waals surface area contributed by atoms with Crippen LogP contribution < -0.4 is 5.32 Å². The van der Waals surface area contributed by atoms with Crippen molar-refractivity contribution in [1.82, 2.24) is 9.59 Å². The van der Waals surface area contributed by atoms with Gasteiger partial charge >= 0.3 is 5.97 Å². The normalized spacial score (nSPS) is 10.4. The molecule has 3 rings (SSSR count). The van der Waals surface area contributed by atoms with Gasteiger partial charge in [-0.1, -0.05) is 39.8 Å². The van der Waals surface area contributed by atoms with E-state index in [9.17, 15) is 19.7 Å². The topological polar surface area (TPSA) is 124 Å². The van der Waals surface area contributed by atoms with Gasteiger partial charge in [0.15, 0.2) is 0 Å². The van der Waals surface area contributed by atoms with Crippen molar-refractivity contribution in [2.45, 2.75) is 6.61 Å². The molecule has 0 saturated carbocycles. The maximum atomic E-state index is 12.5. The van der Waals surface area contributed by atoms with Crippen molar-refractivity contribution in [3.8, 4) is 0 Å². The quantitative estimate of drug-likeness (QED) is 0.334. The molecular weight excluding hydrogens is 443 g/mol. The number of nitrogens with one attached hydrogen (secondary N) is 1. The summed E-state index contributed by atoms with van der Waals surface area (Å²) < 4.78 is 9.13. The number of halogens is 2. The Morgan fingerprint density at radius 3 is 2.59 bits per heavy atom. The Labute approximate surface area is 177 Å². The number of aromatic nitrogens is 2. The molecule has 0 bridgehead atoms. The van der Waals surface area contributed by atoms with Crippen LogP contribution in [-0.4, -0.2) is 26.4 Å². The molecule has 29 heavy (non-hydrogen) atoms. The molecule has 1 N–H and O–H groups in total. The fourth-order valence-corrected chi connectivity index (χ4v) is 3.12. The summed E-state index contributed by atoms with van der Waals surface area (Å²) in [4.78, 5) is 35.1. The molecule has 0 aliphatic heterocycles. The molecule has 0 aliphatic rings. The predicted molar refractivity (Wildman–Crippen MR) is 107 cm³/mol. The Balaban J connectivity index is 1.76. The van der Waals surface area contributed by atoms with Gasteiger partial charge in [-0.05, 0) is 18.2 Å². The van der Waals surface area contributed by atoms with Crippen molar-refractivity contribution in [1.29, 1.82) is 0 Å². The number of carbonyl (C=O) groups is 2. The highest BCUT2D eigenvalue weighted by Gasteiger charge is 2.19. The van der Waals surface area contributed by atoms with Gasteiger partial charge in [-0.2, -0.15) is 0 Å². The van der Waals surface area contributed by atoms with E-state index in [-0.39, 0.29) is 34.1 Å². The van der Waals surface area contributed by atoms with Crippen molar-refractivity contribution < 1.29 is 19.2 Å². The first-order valence-electron chi connectivity index (χ1n) is 7.85. The van der Waals surface area contributed by atoms with Crippen LogP contribution in [0.5, 0.6) is 0 Å². The molecule has 3 aromatic rings. The second-order valence-electron chi connectivity index (χ2n) is 5.49. The zero-order chi connectivity index (χ0) is 21.0. The molecule has 1 amide bonds. The summed E-state index contributed by atoms with van der Waals surface area (Å²) >= 11 is 12.8. The summed E-state index contributed by atoms with van der Waals surface area (Å²) in [5.74, 6) is -1.35. The zero-order valence-corrected chi connectivity index (χ0v) is 16.6. The Morgan fingerprint density at radius 2 is 1.93 bits per heavy atom. The first-order chi connectivity index (χ1) is 13.9. The van der Waals surface area contributed by atoms with Crippen molar-refractivity contribution in [3.05, 3.63) is 78.8 Å². The number of benzene rings is 2. The maximum absolute atomic E-state index is 12.5. The number of para-hydroxylation sites is 1. The smallest absolute Gasteiger partial charge is 0.340 e. The monoisotopic (exact) mass is 452 g/mol. The first kappa shape index (κ1) is 20.6. The minimum Gasteiger partial charge on any atom is -0.455 e. The van der Waals surface area contributed by atoms with E-state index in [1.54, 1.807) is 12.1 Å². The zero-order valence-electron chi connectivity index (χ0n) is 14.3. The number of ether oxygens (including phenoxy) is 1. The van der Waals surface area contributed by atoms with Gasteiger partial charge in [0.25, 0.3) is 11.6 Å². The van der Waals surface area contributed by atoms with Gasteiger partial charge in [-0.3, -0.25) is 14.9 Å². The molecule has 0 unspecified atom stereocenters. The summed E-state index contributed by atoms with van der Waals surface area (Å²) in [6, 6.07) is 9.65. The lowest BCUT2D eigenvalue weighted by Crippen LogP contribution is -2.16. The fourth-order valence-electron chi connectivity index (χ4n) is 2.26. The van der Waals surface area contributed by atoms with E-state index in [0.717, 1.165) is 23.7 Å². The second kappa shape index (κ2) is 8.95. The fraction of sp³-hybridized carbons (Fsp3) is 0.0588. The average molecular weight is 453 g/mol. The molecule has 0 spiro atoms. The Bertz CT molecular complexity index is 1100. The molecule has 0 atom stereocenters. The first-order valence-corrected chi connectivity index (χ1v) is 9.38. The van der Waals surface area contributed by atoms with Crippen LogP contribution in [-0.2, 0) is 11.3 Å². The van der Waals surface area contributed by atoms with E-state index in [1.165, 1.54) is 18.2 Å². The van der Waals surface area contributed by atoms with Gasteiger partial charge in [-0.25, -0.2) is 4.79 Å². The van der Waals surface area contributed by atoms with Crippen LogP contribution in [0.2, 0.25) is 9.36 Å². The third-order valence-electron chi connectivity index (χ3n) is 3.65. The number of nitrogens with zero attached hydrogens (tertiary/aromatic N) is 3. The van der Waals surface area contributed by atoms with Crippen LogP contribution in [0.1, 0.15) is 26.4 Å². The maximum Gasteiger partial charge on any atom is 0.340 e. The number of anilines is 1. The van der Waals surface area contributed by atoms with Gasteiger partial charge in [0.1, 0.15) is 16.6 Å². The molecule has 148 valence electrons. The highest BCUT2D eigenvalue weighted by Crippen LogP contribution is 2.25. The molecule has 9 nitrogen and oxygen atoms in total. The number of hydrogen-bond acceptors (Lipinski definition) is 8. The molecule has 1 heterocycles. The summed E-state index contributed by atoms with van der Waals surface area (Å²) in [6.07, 6.45) is 0. The van der Waals surface area contributed by atoms with E-state index >= 15 is 0 Å². The molecule has 0 saturated heterocycles. The van der Waals surface area contributed by atoms with Crippen LogP contribution in [0.15, 0.2) is 42.5 Å². The molecule has 12 heteroatoms. The number of hydrogen-bond donors (Lipinski definition) is 1. The van der Waals surface area contributed by atoms with Crippen molar-refractivity contribution in [3.63, 3.8) is 0 Å². The van der Waals surface area contributed by atoms with Crippen LogP contribution in [0.25, 0.3) is 0 Å². The Hall–Kier alpha value is -3.08. The average Bonchev–Trinajstić information content (AvgIpc) is 3.11. The minimum absolute atomic E-state index is 0.0146. The molecule has 0 radical (unpaired) electrons. The summed E-state index contributed by atoms with van der Waals surface area (Å²) in [5.41, 5.74) is 0.369. The summed E-state index contributed by atoms with van der Waals surface area (Å²) in [5, 5.41) is 17.0. The number of carbonyl (C=O) groups excluding carboxylic acids is 2. The van der Waals surface area contributed by atoms with E-state index < -0.39 is 16.8 Å². The van der Waals surface area contributed by atoms with Crippen molar-refractivity contribution >= 4 is 58.0 Å². The second-order valence-corrected chi connectivity index (χ2v) is 7.25. The van der Waals surface area contributed by atoms with E-state index in [2.05, 4.69) is 14.9 Å². The van der Waals surface area contributed by atoms with E-state index in [0.29, 0.717) is 10.0 Å².